The predicted octanol–water partition coefficient (Wildman–Crippen LogP) is 3.45. The minimum Gasteiger partial charge on any atom is -0.495 e. The molecule has 176 valence electrons. The second-order valence-corrected chi connectivity index (χ2v) is 7.99. The lowest BCUT2D eigenvalue weighted by molar-refractivity contribution is -0.114. The number of aliphatic imine (C=N–C) groups is 1. The molecule has 2 aromatic rings. The summed E-state index contributed by atoms with van der Waals surface area (Å²) in [5.74, 6) is 1.44. The Hall–Kier alpha value is -3.32. The van der Waals surface area contributed by atoms with Gasteiger partial charge < -0.3 is 20.3 Å². The molecule has 1 fully saturated rings. The van der Waals surface area contributed by atoms with Crippen LogP contribution in [-0.4, -0.2) is 68.0 Å². The second-order valence-electron chi connectivity index (χ2n) is 7.99. The standard InChI is InChI=1S/C26H35N5O2/c1-4-27-26(28-20-23-12-13-25(33-3)24(19-23)29-21(2)32)31-17-15-30(16-18-31)14-8-11-22-9-6-5-7-10-22/h5-13,19H,4,14-18,20H2,1-3H3,(H,27,28)(H,29,32)/b11-8+. The highest BCUT2D eigenvalue weighted by Gasteiger charge is 2.18. The molecule has 3 rings (SSSR count). The summed E-state index contributed by atoms with van der Waals surface area (Å²) in [5, 5.41) is 6.24. The van der Waals surface area contributed by atoms with Crippen molar-refractivity contribution in [1.82, 2.24) is 15.1 Å². The average molecular weight is 450 g/mol. The van der Waals surface area contributed by atoms with Crippen LogP contribution >= 0.6 is 0 Å². The Morgan fingerprint density at radius 1 is 1.12 bits per heavy atom. The highest BCUT2D eigenvalue weighted by Crippen LogP contribution is 2.25. The lowest BCUT2D eigenvalue weighted by Crippen LogP contribution is -2.52. The number of anilines is 1. The molecule has 7 heteroatoms. The molecule has 0 atom stereocenters. The largest absolute Gasteiger partial charge is 0.495 e. The van der Waals surface area contributed by atoms with Gasteiger partial charge in [0.15, 0.2) is 5.96 Å². The number of guanidine groups is 1. The number of rotatable bonds is 8. The lowest BCUT2D eigenvalue weighted by Gasteiger charge is -2.36. The van der Waals surface area contributed by atoms with Crippen molar-refractivity contribution < 1.29 is 9.53 Å². The van der Waals surface area contributed by atoms with E-state index in [4.69, 9.17) is 9.73 Å². The zero-order chi connectivity index (χ0) is 23.5. The van der Waals surface area contributed by atoms with Crippen LogP contribution in [0.3, 0.4) is 0 Å². The van der Waals surface area contributed by atoms with Crippen LogP contribution < -0.4 is 15.4 Å². The van der Waals surface area contributed by atoms with Crippen molar-refractivity contribution in [2.75, 3.05) is 51.7 Å². The van der Waals surface area contributed by atoms with Crippen molar-refractivity contribution in [2.24, 2.45) is 4.99 Å². The van der Waals surface area contributed by atoms with Crippen molar-refractivity contribution in [3.8, 4) is 5.75 Å². The van der Waals surface area contributed by atoms with Gasteiger partial charge in [0.25, 0.3) is 0 Å². The number of methoxy groups -OCH3 is 1. The number of hydrogen-bond acceptors (Lipinski definition) is 4. The molecule has 0 bridgehead atoms. The quantitative estimate of drug-likeness (QED) is 0.477. The fourth-order valence-corrected chi connectivity index (χ4v) is 3.78. The molecular formula is C26H35N5O2. The fourth-order valence-electron chi connectivity index (χ4n) is 3.78. The Labute approximate surface area is 197 Å². The second kappa shape index (κ2) is 12.6. The molecule has 1 aliphatic heterocycles. The van der Waals surface area contributed by atoms with Gasteiger partial charge in [-0.3, -0.25) is 9.69 Å². The SMILES string of the molecule is CCNC(=NCc1ccc(OC)c(NC(C)=O)c1)N1CCN(C/C=C/c2ccccc2)CC1. The molecule has 0 radical (unpaired) electrons. The molecule has 0 spiro atoms. The number of ether oxygens (including phenoxy) is 1. The van der Waals surface area contributed by atoms with Crippen LogP contribution in [0, 0.1) is 0 Å². The number of hydrogen-bond donors (Lipinski definition) is 2. The molecule has 7 nitrogen and oxygen atoms in total. The first-order valence-electron chi connectivity index (χ1n) is 11.5. The maximum Gasteiger partial charge on any atom is 0.221 e. The first-order valence-corrected chi connectivity index (χ1v) is 11.5. The molecule has 1 saturated heterocycles. The molecule has 2 aromatic carbocycles. The number of nitrogens with zero attached hydrogens (tertiary/aromatic N) is 3. The smallest absolute Gasteiger partial charge is 0.221 e. The summed E-state index contributed by atoms with van der Waals surface area (Å²) in [6.45, 7) is 9.74. The minimum atomic E-state index is -0.126. The third-order valence-electron chi connectivity index (χ3n) is 5.47. The molecule has 1 aliphatic rings. The van der Waals surface area contributed by atoms with Crippen LogP contribution in [0.5, 0.6) is 5.75 Å². The van der Waals surface area contributed by atoms with E-state index in [0.29, 0.717) is 18.0 Å². The Morgan fingerprint density at radius 2 is 1.88 bits per heavy atom. The van der Waals surface area contributed by atoms with Gasteiger partial charge in [0.2, 0.25) is 5.91 Å². The summed E-state index contributed by atoms with van der Waals surface area (Å²) >= 11 is 0. The van der Waals surface area contributed by atoms with E-state index in [1.807, 2.05) is 24.3 Å². The van der Waals surface area contributed by atoms with Gasteiger partial charge in [-0.05, 0) is 30.2 Å². The van der Waals surface area contributed by atoms with E-state index < -0.39 is 0 Å². The molecule has 33 heavy (non-hydrogen) atoms. The molecule has 0 aromatic heterocycles. The topological polar surface area (TPSA) is 69.2 Å². The Bertz CT molecular complexity index is 950. The van der Waals surface area contributed by atoms with Crippen LogP contribution in [0.2, 0.25) is 0 Å². The van der Waals surface area contributed by atoms with E-state index in [1.54, 1.807) is 7.11 Å². The summed E-state index contributed by atoms with van der Waals surface area (Å²) in [5.41, 5.74) is 2.91. The van der Waals surface area contributed by atoms with Gasteiger partial charge in [-0.2, -0.15) is 0 Å². The monoisotopic (exact) mass is 449 g/mol. The Kier molecular flexibility index (Phi) is 9.32. The number of amides is 1. The fraction of sp³-hybridized carbons (Fsp3) is 0.385. The number of nitrogens with one attached hydrogen (secondary N) is 2. The van der Waals surface area contributed by atoms with Gasteiger partial charge >= 0.3 is 0 Å². The highest BCUT2D eigenvalue weighted by molar-refractivity contribution is 5.90. The summed E-state index contributed by atoms with van der Waals surface area (Å²) in [6.07, 6.45) is 4.42. The molecule has 2 N–H and O–H groups in total. The molecule has 0 unspecified atom stereocenters. The van der Waals surface area contributed by atoms with Crippen molar-refractivity contribution >= 4 is 23.6 Å². The molecular weight excluding hydrogens is 414 g/mol. The number of carbonyl (C=O) groups excluding carboxylic acids is 1. The number of piperazine rings is 1. The number of carbonyl (C=O) groups is 1. The van der Waals surface area contributed by atoms with Gasteiger partial charge in [-0.15, -0.1) is 0 Å². The Balaban J connectivity index is 1.57. The first kappa shape index (κ1) is 24.3. The van der Waals surface area contributed by atoms with E-state index in [-0.39, 0.29) is 5.91 Å². The third-order valence-corrected chi connectivity index (χ3v) is 5.47. The van der Waals surface area contributed by atoms with E-state index in [9.17, 15) is 4.79 Å². The van der Waals surface area contributed by atoms with Gasteiger partial charge in [0.1, 0.15) is 5.75 Å². The normalized spacial score (nSPS) is 15.0. The zero-order valence-electron chi connectivity index (χ0n) is 19.9. The van der Waals surface area contributed by atoms with Gasteiger partial charge in [-0.1, -0.05) is 48.6 Å². The van der Waals surface area contributed by atoms with Crippen LogP contribution in [0.1, 0.15) is 25.0 Å². The lowest BCUT2D eigenvalue weighted by atomic mass is 10.2. The van der Waals surface area contributed by atoms with Crippen molar-refractivity contribution in [3.05, 3.63) is 65.7 Å². The maximum atomic E-state index is 11.5. The van der Waals surface area contributed by atoms with Gasteiger partial charge in [-0.25, -0.2) is 4.99 Å². The zero-order valence-corrected chi connectivity index (χ0v) is 19.9. The van der Waals surface area contributed by atoms with E-state index in [2.05, 4.69) is 63.8 Å². The van der Waals surface area contributed by atoms with Gasteiger partial charge in [0, 0.05) is 46.2 Å². The van der Waals surface area contributed by atoms with Crippen LogP contribution in [0.15, 0.2) is 59.6 Å². The molecule has 1 amide bonds. The first-order chi connectivity index (χ1) is 16.1. The summed E-state index contributed by atoms with van der Waals surface area (Å²) < 4.78 is 5.34. The Morgan fingerprint density at radius 3 is 2.55 bits per heavy atom. The van der Waals surface area contributed by atoms with Crippen molar-refractivity contribution in [1.29, 1.82) is 0 Å². The van der Waals surface area contributed by atoms with Crippen molar-refractivity contribution in [2.45, 2.75) is 20.4 Å². The average Bonchev–Trinajstić information content (AvgIpc) is 2.83. The van der Waals surface area contributed by atoms with Crippen LogP contribution in [-0.2, 0) is 11.3 Å². The minimum absolute atomic E-state index is 0.126. The summed E-state index contributed by atoms with van der Waals surface area (Å²) in [6, 6.07) is 16.2. The summed E-state index contributed by atoms with van der Waals surface area (Å²) in [4.78, 5) is 21.1. The van der Waals surface area contributed by atoms with Crippen LogP contribution in [0.25, 0.3) is 6.08 Å². The molecule has 1 heterocycles. The molecule has 0 aliphatic carbocycles. The van der Waals surface area contributed by atoms with E-state index in [1.165, 1.54) is 12.5 Å². The van der Waals surface area contributed by atoms with E-state index in [0.717, 1.165) is 50.8 Å². The van der Waals surface area contributed by atoms with Crippen LogP contribution in [0.4, 0.5) is 5.69 Å². The summed E-state index contributed by atoms with van der Waals surface area (Å²) in [7, 11) is 1.60. The third kappa shape index (κ3) is 7.64. The predicted molar refractivity (Wildman–Crippen MR) is 136 cm³/mol. The molecule has 0 saturated carbocycles. The van der Waals surface area contributed by atoms with E-state index >= 15 is 0 Å². The maximum absolute atomic E-state index is 11.5. The highest BCUT2D eigenvalue weighted by atomic mass is 16.5. The van der Waals surface area contributed by atoms with Gasteiger partial charge in [0.05, 0.1) is 19.3 Å². The van der Waals surface area contributed by atoms with Crippen molar-refractivity contribution in [3.63, 3.8) is 0 Å². The number of benzene rings is 2.